The first-order chi connectivity index (χ1) is 15.5. The van der Waals surface area contributed by atoms with Gasteiger partial charge in [-0.3, -0.25) is 14.6 Å². The van der Waals surface area contributed by atoms with Crippen molar-refractivity contribution < 1.29 is 9.53 Å². The summed E-state index contributed by atoms with van der Waals surface area (Å²) < 4.78 is 6.44. The zero-order valence-corrected chi connectivity index (χ0v) is 20.2. The highest BCUT2D eigenvalue weighted by atomic mass is 35.5. The van der Waals surface area contributed by atoms with Crippen LogP contribution in [0, 0.1) is 6.92 Å². The van der Waals surface area contributed by atoms with Gasteiger partial charge in [-0.1, -0.05) is 52.7 Å². The highest BCUT2D eigenvalue weighted by molar-refractivity contribution is 7.22. The molecule has 4 rings (SSSR count). The van der Waals surface area contributed by atoms with E-state index in [2.05, 4.69) is 4.90 Å². The average Bonchev–Trinajstić information content (AvgIpc) is 3.24. The van der Waals surface area contributed by atoms with Gasteiger partial charge in [0.15, 0.2) is 5.13 Å². The molecule has 0 saturated carbocycles. The third-order valence-electron chi connectivity index (χ3n) is 5.50. The molecular weight excluding hydrogens is 465 g/mol. The Hall–Kier alpha value is -1.96. The van der Waals surface area contributed by atoms with E-state index in [1.807, 2.05) is 43.3 Å². The van der Waals surface area contributed by atoms with Crippen LogP contribution in [0.1, 0.15) is 17.5 Å². The fraction of sp³-hybridized carbons (Fsp3) is 0.333. The lowest BCUT2D eigenvalue weighted by Crippen LogP contribution is -2.39. The number of aryl methyl sites for hydroxylation is 1. The summed E-state index contributed by atoms with van der Waals surface area (Å²) in [6.45, 7) is 6.84. The number of nitrogens with zero attached hydrogens (tertiary/aromatic N) is 3. The van der Waals surface area contributed by atoms with Gasteiger partial charge in [0, 0.05) is 42.3 Å². The molecule has 8 heteroatoms. The second-order valence-electron chi connectivity index (χ2n) is 7.67. The van der Waals surface area contributed by atoms with Crippen LogP contribution in [0.3, 0.4) is 0 Å². The Labute approximate surface area is 202 Å². The smallest absolute Gasteiger partial charge is 0.252 e. The van der Waals surface area contributed by atoms with Crippen LogP contribution < -0.4 is 4.90 Å². The van der Waals surface area contributed by atoms with Gasteiger partial charge in [-0.05, 0) is 48.7 Å². The molecule has 3 aromatic rings. The van der Waals surface area contributed by atoms with Gasteiger partial charge in [-0.15, -0.1) is 0 Å². The van der Waals surface area contributed by atoms with Crippen LogP contribution >= 0.6 is 34.5 Å². The highest BCUT2D eigenvalue weighted by Gasteiger charge is 2.20. The molecule has 0 spiro atoms. The molecule has 0 atom stereocenters. The van der Waals surface area contributed by atoms with E-state index >= 15 is 0 Å². The molecule has 5 nitrogen and oxygen atoms in total. The molecule has 32 heavy (non-hydrogen) atoms. The minimum atomic E-state index is -0.116. The Balaban J connectivity index is 1.56. The van der Waals surface area contributed by atoms with Crippen molar-refractivity contribution in [1.29, 1.82) is 0 Å². The summed E-state index contributed by atoms with van der Waals surface area (Å²) in [4.78, 5) is 22.1. The normalized spacial score (nSPS) is 15.0. The zero-order valence-electron chi connectivity index (χ0n) is 17.9. The number of morpholine rings is 1. The number of carbonyl (C=O) groups excluding carboxylic acids is 1. The molecule has 2 aromatic carbocycles. The predicted octanol–water partition coefficient (Wildman–Crippen LogP) is 5.68. The van der Waals surface area contributed by atoms with E-state index in [9.17, 15) is 4.79 Å². The Bertz CT molecular complexity index is 1130. The minimum Gasteiger partial charge on any atom is -0.379 e. The van der Waals surface area contributed by atoms with Crippen LogP contribution in [0.25, 0.3) is 16.3 Å². The molecule has 0 N–H and O–H groups in total. The summed E-state index contributed by atoms with van der Waals surface area (Å²) in [5.41, 5.74) is 2.58. The van der Waals surface area contributed by atoms with Gasteiger partial charge in [0.1, 0.15) is 0 Å². The van der Waals surface area contributed by atoms with Crippen molar-refractivity contribution in [3.63, 3.8) is 0 Å². The average molecular weight is 490 g/mol. The van der Waals surface area contributed by atoms with E-state index in [0.717, 1.165) is 60.6 Å². The number of hydrogen-bond donors (Lipinski definition) is 0. The Morgan fingerprint density at radius 3 is 2.75 bits per heavy atom. The van der Waals surface area contributed by atoms with Crippen molar-refractivity contribution in [2.75, 3.05) is 44.3 Å². The molecule has 0 bridgehead atoms. The fourth-order valence-corrected chi connectivity index (χ4v) is 5.05. The number of aromatic nitrogens is 1. The predicted molar refractivity (Wildman–Crippen MR) is 134 cm³/mol. The van der Waals surface area contributed by atoms with Crippen LogP contribution in [0.4, 0.5) is 5.13 Å². The van der Waals surface area contributed by atoms with Crippen LogP contribution in [-0.4, -0.2) is 55.2 Å². The number of hydrogen-bond acceptors (Lipinski definition) is 5. The van der Waals surface area contributed by atoms with Gasteiger partial charge in [0.25, 0.3) is 5.91 Å². The van der Waals surface area contributed by atoms with Crippen LogP contribution in [-0.2, 0) is 9.53 Å². The topological polar surface area (TPSA) is 45.7 Å². The molecule has 1 amide bonds. The van der Waals surface area contributed by atoms with Gasteiger partial charge < -0.3 is 4.74 Å². The maximum Gasteiger partial charge on any atom is 0.252 e. The van der Waals surface area contributed by atoms with Gasteiger partial charge in [0.2, 0.25) is 0 Å². The second-order valence-corrected chi connectivity index (χ2v) is 9.49. The van der Waals surface area contributed by atoms with Crippen molar-refractivity contribution >= 4 is 61.9 Å². The summed E-state index contributed by atoms with van der Waals surface area (Å²) in [6, 6.07) is 11.3. The van der Waals surface area contributed by atoms with Crippen molar-refractivity contribution in [3.8, 4) is 0 Å². The standard InChI is InChI=1S/C24H25Cl2N3O2S/c1-17-19(25)8-9-21-23(17)27-24(32-21)29(12-4-11-28-13-15-31-16-14-28)22(30)10-7-18-5-2-3-6-20(18)26/h2-3,5-10H,4,11-16H2,1H3/b10-7+. The lowest BCUT2D eigenvalue weighted by molar-refractivity contribution is -0.114. The van der Waals surface area contributed by atoms with E-state index < -0.39 is 0 Å². The summed E-state index contributed by atoms with van der Waals surface area (Å²) in [5, 5.41) is 1.97. The minimum absolute atomic E-state index is 0.116. The van der Waals surface area contributed by atoms with Gasteiger partial charge in [-0.25, -0.2) is 4.98 Å². The monoisotopic (exact) mass is 489 g/mol. The number of anilines is 1. The number of thiazole rings is 1. The summed E-state index contributed by atoms with van der Waals surface area (Å²) in [5.74, 6) is -0.116. The molecule has 1 aromatic heterocycles. The summed E-state index contributed by atoms with van der Waals surface area (Å²) in [6.07, 6.45) is 4.18. The molecule has 0 radical (unpaired) electrons. The van der Waals surface area contributed by atoms with E-state index in [-0.39, 0.29) is 5.91 Å². The fourth-order valence-electron chi connectivity index (χ4n) is 3.64. The number of fused-ring (bicyclic) bond motifs is 1. The molecular formula is C24H25Cl2N3O2S. The summed E-state index contributed by atoms with van der Waals surface area (Å²) in [7, 11) is 0. The van der Waals surface area contributed by atoms with E-state index in [0.29, 0.717) is 21.7 Å². The maximum absolute atomic E-state index is 13.2. The molecule has 2 heterocycles. The van der Waals surface area contributed by atoms with Crippen molar-refractivity contribution in [2.24, 2.45) is 0 Å². The van der Waals surface area contributed by atoms with E-state index in [1.54, 1.807) is 17.1 Å². The number of halogens is 2. The Kier molecular flexibility index (Phi) is 7.81. The second kappa shape index (κ2) is 10.8. The molecule has 1 fully saturated rings. The first kappa shape index (κ1) is 23.2. The molecule has 0 aliphatic carbocycles. The number of rotatable bonds is 7. The first-order valence-corrected chi connectivity index (χ1v) is 12.2. The van der Waals surface area contributed by atoms with Crippen molar-refractivity contribution in [1.82, 2.24) is 9.88 Å². The van der Waals surface area contributed by atoms with Crippen LogP contribution in [0.2, 0.25) is 10.0 Å². The largest absolute Gasteiger partial charge is 0.379 e. The molecule has 1 aliphatic heterocycles. The number of amides is 1. The maximum atomic E-state index is 13.2. The summed E-state index contributed by atoms with van der Waals surface area (Å²) >= 11 is 14.0. The van der Waals surface area contributed by atoms with Crippen molar-refractivity contribution in [3.05, 3.63) is 63.6 Å². The number of ether oxygens (including phenoxy) is 1. The molecule has 168 valence electrons. The zero-order chi connectivity index (χ0) is 22.5. The third kappa shape index (κ3) is 5.50. The number of carbonyl (C=O) groups is 1. The Morgan fingerprint density at radius 2 is 1.97 bits per heavy atom. The SMILES string of the molecule is Cc1c(Cl)ccc2sc(N(CCCN3CCOCC3)C(=O)/C=C/c3ccccc3Cl)nc12. The van der Waals surface area contributed by atoms with Crippen molar-refractivity contribution in [2.45, 2.75) is 13.3 Å². The van der Waals surface area contributed by atoms with Gasteiger partial charge in [-0.2, -0.15) is 0 Å². The Morgan fingerprint density at radius 1 is 1.19 bits per heavy atom. The third-order valence-corrected chi connectivity index (χ3v) is 7.30. The number of benzene rings is 2. The molecule has 0 unspecified atom stereocenters. The van der Waals surface area contributed by atoms with Crippen LogP contribution in [0.15, 0.2) is 42.5 Å². The lowest BCUT2D eigenvalue weighted by Gasteiger charge is -2.27. The van der Waals surface area contributed by atoms with Gasteiger partial charge in [0.05, 0.1) is 23.4 Å². The highest BCUT2D eigenvalue weighted by Crippen LogP contribution is 2.34. The van der Waals surface area contributed by atoms with Gasteiger partial charge >= 0.3 is 0 Å². The van der Waals surface area contributed by atoms with E-state index in [4.69, 9.17) is 32.9 Å². The quantitative estimate of drug-likeness (QED) is 0.400. The first-order valence-electron chi connectivity index (χ1n) is 10.6. The molecule has 1 saturated heterocycles. The lowest BCUT2D eigenvalue weighted by atomic mass is 10.2. The van der Waals surface area contributed by atoms with Crippen LogP contribution in [0.5, 0.6) is 0 Å². The van der Waals surface area contributed by atoms with E-state index in [1.165, 1.54) is 11.3 Å². The molecule has 1 aliphatic rings.